The number of carboxylic acid groups (broad SMARTS) is 1. The van der Waals surface area contributed by atoms with Crippen LogP contribution in [0.5, 0.6) is 0 Å². The fourth-order valence-electron chi connectivity index (χ4n) is 3.00. The van der Waals surface area contributed by atoms with E-state index in [2.05, 4.69) is 25.8 Å². The molecule has 1 saturated carbocycles. The minimum absolute atomic E-state index is 0.385. The molecule has 1 aliphatic carbocycles. The third kappa shape index (κ3) is 3.16. The van der Waals surface area contributed by atoms with Gasteiger partial charge < -0.3 is 5.11 Å². The lowest BCUT2D eigenvalue weighted by atomic mass is 9.70. The molecule has 0 atom stereocenters. The molecule has 1 aromatic rings. The van der Waals surface area contributed by atoms with Crippen LogP contribution in [0.3, 0.4) is 0 Å². The molecule has 0 radical (unpaired) electrons. The van der Waals surface area contributed by atoms with Crippen LogP contribution in [0.4, 0.5) is 0 Å². The third-order valence-electron chi connectivity index (χ3n) is 4.31. The second kappa shape index (κ2) is 5.23. The summed E-state index contributed by atoms with van der Waals surface area (Å²) in [5.74, 6) is 0.406. The fourth-order valence-corrected chi connectivity index (χ4v) is 4.07. The van der Waals surface area contributed by atoms with E-state index in [1.807, 2.05) is 0 Å². The Kier molecular flexibility index (Phi) is 4.00. The van der Waals surface area contributed by atoms with Gasteiger partial charge in [-0.05, 0) is 43.9 Å². The van der Waals surface area contributed by atoms with Gasteiger partial charge in [-0.1, -0.05) is 20.8 Å². The van der Waals surface area contributed by atoms with Crippen molar-refractivity contribution in [2.45, 2.75) is 59.3 Å². The zero-order chi connectivity index (χ0) is 14.2. The Balaban J connectivity index is 2.06. The van der Waals surface area contributed by atoms with Crippen LogP contribution < -0.4 is 0 Å². The number of thiazole rings is 1. The first-order valence-electron chi connectivity index (χ1n) is 6.99. The lowest BCUT2D eigenvalue weighted by molar-refractivity contribution is 0.0701. The van der Waals surface area contributed by atoms with E-state index in [1.54, 1.807) is 6.92 Å². The van der Waals surface area contributed by atoms with Crippen molar-refractivity contribution in [1.82, 2.24) is 4.98 Å². The summed E-state index contributed by atoms with van der Waals surface area (Å²) in [5.41, 5.74) is 1.06. The molecule has 19 heavy (non-hydrogen) atoms. The maximum absolute atomic E-state index is 11.1. The highest BCUT2D eigenvalue weighted by Crippen LogP contribution is 2.44. The molecule has 4 heteroatoms. The predicted molar refractivity (Wildman–Crippen MR) is 78.0 cm³/mol. The monoisotopic (exact) mass is 281 g/mol. The zero-order valence-electron chi connectivity index (χ0n) is 12.2. The molecule has 3 nitrogen and oxygen atoms in total. The summed E-state index contributed by atoms with van der Waals surface area (Å²) in [4.78, 5) is 16.0. The van der Waals surface area contributed by atoms with Crippen LogP contribution in [0.25, 0.3) is 0 Å². The molecule has 0 amide bonds. The number of carbonyl (C=O) groups is 1. The van der Waals surface area contributed by atoms with Gasteiger partial charge in [0.15, 0.2) is 0 Å². The Bertz CT molecular complexity index is 465. The molecule has 0 aliphatic heterocycles. The van der Waals surface area contributed by atoms with E-state index in [0.717, 1.165) is 23.8 Å². The maximum atomic E-state index is 11.1. The van der Waals surface area contributed by atoms with E-state index in [0.29, 0.717) is 21.9 Å². The first-order chi connectivity index (χ1) is 8.79. The lowest BCUT2D eigenvalue weighted by Gasteiger charge is -2.36. The van der Waals surface area contributed by atoms with Gasteiger partial charge in [-0.2, -0.15) is 0 Å². The van der Waals surface area contributed by atoms with Crippen LogP contribution in [-0.4, -0.2) is 16.1 Å². The standard InChI is InChI=1S/C15H23NO2S/c1-9-12(14(17)18)19-13(16-9)10-5-7-11(8-6-10)15(2,3)4/h10-11H,5-8H2,1-4H3,(H,17,18). The SMILES string of the molecule is Cc1nc(C2CCC(C(C)(C)C)CC2)sc1C(=O)O. The Morgan fingerprint density at radius 3 is 2.26 bits per heavy atom. The zero-order valence-corrected chi connectivity index (χ0v) is 13.0. The molecule has 1 heterocycles. The third-order valence-corrected chi connectivity index (χ3v) is 5.62. The number of hydrogen-bond acceptors (Lipinski definition) is 3. The van der Waals surface area contributed by atoms with Crippen molar-refractivity contribution >= 4 is 17.3 Å². The van der Waals surface area contributed by atoms with Gasteiger partial charge in [0.25, 0.3) is 0 Å². The van der Waals surface area contributed by atoms with E-state index < -0.39 is 5.97 Å². The minimum atomic E-state index is -0.843. The Labute approximate surface area is 119 Å². The Morgan fingerprint density at radius 1 is 1.26 bits per heavy atom. The van der Waals surface area contributed by atoms with Crippen molar-refractivity contribution in [3.8, 4) is 0 Å². The fraction of sp³-hybridized carbons (Fsp3) is 0.733. The normalized spacial score (nSPS) is 24.4. The average Bonchev–Trinajstić information content (AvgIpc) is 2.70. The summed E-state index contributed by atoms with van der Waals surface area (Å²) < 4.78 is 0. The van der Waals surface area contributed by atoms with Crippen molar-refractivity contribution < 1.29 is 9.90 Å². The number of nitrogens with zero attached hydrogens (tertiary/aromatic N) is 1. The van der Waals surface area contributed by atoms with Crippen molar-refractivity contribution in [1.29, 1.82) is 0 Å². The molecule has 1 aliphatic rings. The van der Waals surface area contributed by atoms with E-state index in [1.165, 1.54) is 24.2 Å². The smallest absolute Gasteiger partial charge is 0.347 e. The first-order valence-corrected chi connectivity index (χ1v) is 7.81. The largest absolute Gasteiger partial charge is 0.477 e. The summed E-state index contributed by atoms with van der Waals surface area (Å²) >= 11 is 1.37. The van der Waals surface area contributed by atoms with Gasteiger partial charge in [-0.15, -0.1) is 11.3 Å². The van der Waals surface area contributed by atoms with Crippen LogP contribution >= 0.6 is 11.3 Å². The van der Waals surface area contributed by atoms with E-state index in [4.69, 9.17) is 5.11 Å². The van der Waals surface area contributed by atoms with Gasteiger partial charge in [0.2, 0.25) is 0 Å². The van der Waals surface area contributed by atoms with Crippen LogP contribution in [0.15, 0.2) is 0 Å². The summed E-state index contributed by atoms with van der Waals surface area (Å²) in [7, 11) is 0. The molecule has 1 aromatic heterocycles. The lowest BCUT2D eigenvalue weighted by Crippen LogP contribution is -2.25. The molecular weight excluding hydrogens is 258 g/mol. The van der Waals surface area contributed by atoms with Crippen molar-refractivity contribution in [2.75, 3.05) is 0 Å². The van der Waals surface area contributed by atoms with Gasteiger partial charge >= 0.3 is 5.97 Å². The summed E-state index contributed by atoms with van der Waals surface area (Å²) in [6.45, 7) is 8.74. The van der Waals surface area contributed by atoms with Crippen LogP contribution in [0, 0.1) is 18.3 Å². The molecular formula is C15H23NO2S. The average molecular weight is 281 g/mol. The summed E-state index contributed by atoms with van der Waals surface area (Å²) in [5, 5.41) is 10.1. The molecule has 0 aromatic carbocycles. The van der Waals surface area contributed by atoms with E-state index in [9.17, 15) is 4.79 Å². The maximum Gasteiger partial charge on any atom is 0.347 e. The molecule has 1 fully saturated rings. The van der Waals surface area contributed by atoms with Gasteiger partial charge in [-0.25, -0.2) is 9.78 Å². The van der Waals surface area contributed by atoms with Crippen LogP contribution in [0.2, 0.25) is 0 Å². The van der Waals surface area contributed by atoms with Crippen molar-refractivity contribution in [2.24, 2.45) is 11.3 Å². The Hall–Kier alpha value is -0.900. The van der Waals surface area contributed by atoms with Crippen LogP contribution in [-0.2, 0) is 0 Å². The number of rotatable bonds is 2. The predicted octanol–water partition coefficient (Wildman–Crippen LogP) is 4.47. The van der Waals surface area contributed by atoms with E-state index in [-0.39, 0.29) is 0 Å². The molecule has 0 bridgehead atoms. The second-order valence-corrected chi connectivity index (χ2v) is 7.72. The highest BCUT2D eigenvalue weighted by atomic mass is 32.1. The summed E-state index contributed by atoms with van der Waals surface area (Å²) in [6.07, 6.45) is 4.76. The highest BCUT2D eigenvalue weighted by molar-refractivity contribution is 7.13. The molecule has 0 spiro atoms. The second-order valence-electron chi connectivity index (χ2n) is 6.69. The molecule has 2 rings (SSSR count). The van der Waals surface area contributed by atoms with Gasteiger partial charge in [-0.3, -0.25) is 0 Å². The van der Waals surface area contributed by atoms with Crippen LogP contribution in [0.1, 0.15) is 72.7 Å². The van der Waals surface area contributed by atoms with Gasteiger partial charge in [0, 0.05) is 5.92 Å². The quantitative estimate of drug-likeness (QED) is 0.870. The molecule has 1 N–H and O–H groups in total. The molecule has 0 saturated heterocycles. The number of aryl methyl sites for hydroxylation is 1. The first kappa shape index (κ1) is 14.5. The Morgan fingerprint density at radius 2 is 1.84 bits per heavy atom. The molecule has 0 unspecified atom stereocenters. The highest BCUT2D eigenvalue weighted by Gasteiger charge is 2.31. The number of aromatic carboxylic acids is 1. The minimum Gasteiger partial charge on any atom is -0.477 e. The number of aromatic nitrogens is 1. The van der Waals surface area contributed by atoms with Crippen molar-refractivity contribution in [3.05, 3.63) is 15.6 Å². The van der Waals surface area contributed by atoms with Crippen molar-refractivity contribution in [3.63, 3.8) is 0 Å². The summed E-state index contributed by atoms with van der Waals surface area (Å²) in [6, 6.07) is 0. The van der Waals surface area contributed by atoms with E-state index >= 15 is 0 Å². The number of carboxylic acids is 1. The topological polar surface area (TPSA) is 50.2 Å². The number of hydrogen-bond donors (Lipinski definition) is 1. The van der Waals surface area contributed by atoms with Gasteiger partial charge in [0.05, 0.1) is 10.7 Å². The van der Waals surface area contributed by atoms with Gasteiger partial charge in [0.1, 0.15) is 4.88 Å². The molecule has 106 valence electrons.